The molecular formula is C49H72F2I2N5O3-. The first-order valence-electron chi connectivity index (χ1n) is 24.2. The summed E-state index contributed by atoms with van der Waals surface area (Å²) < 4.78 is 39.7. The van der Waals surface area contributed by atoms with Gasteiger partial charge in [0.05, 0.1) is 0 Å². The first-order chi connectivity index (χ1) is 29.4. The number of ether oxygens (including phenoxy) is 1. The number of likely N-dealkylation sites (tertiary alicyclic amines) is 2. The van der Waals surface area contributed by atoms with Gasteiger partial charge in [0, 0.05) is 22.6 Å². The molecule has 3 aliphatic carbocycles. The summed E-state index contributed by atoms with van der Waals surface area (Å²) in [6.07, 6.45) is 23.3. The zero-order valence-corrected chi connectivity index (χ0v) is 41.2. The van der Waals surface area contributed by atoms with Gasteiger partial charge >= 0.3 is 163 Å². The summed E-state index contributed by atoms with van der Waals surface area (Å²) in [7, 11) is 0. The number of amides is 2. The van der Waals surface area contributed by atoms with Crippen LogP contribution in [0, 0.1) is 70.0 Å². The summed E-state index contributed by atoms with van der Waals surface area (Å²) in [6.45, 7) is 6.11. The van der Waals surface area contributed by atoms with Gasteiger partial charge < -0.3 is 9.64 Å². The van der Waals surface area contributed by atoms with E-state index in [9.17, 15) is 20.1 Å². The quantitative estimate of drug-likeness (QED) is 0.122. The maximum absolute atomic E-state index is 15.3. The molecule has 0 aromatic rings. The van der Waals surface area contributed by atoms with Gasteiger partial charge in [-0.1, -0.05) is 67.2 Å². The van der Waals surface area contributed by atoms with Crippen molar-refractivity contribution in [3.8, 4) is 12.1 Å². The van der Waals surface area contributed by atoms with Gasteiger partial charge in [0.25, 0.3) is 5.91 Å². The van der Waals surface area contributed by atoms with Crippen molar-refractivity contribution in [2.24, 2.45) is 47.3 Å². The Balaban J connectivity index is 0.906. The van der Waals surface area contributed by atoms with Crippen LogP contribution in [0.3, 0.4) is 0 Å². The van der Waals surface area contributed by atoms with Crippen LogP contribution < -0.4 is 26.5 Å². The number of allylic oxidation sites excluding steroid dienone is 1. The number of piperidine rings is 3. The number of nitriles is 2. The normalized spacial score (nSPS) is 38.4. The molecule has 8 nitrogen and oxygen atoms in total. The van der Waals surface area contributed by atoms with Gasteiger partial charge in [-0.25, -0.2) is 8.78 Å². The Morgan fingerprint density at radius 1 is 0.770 bits per heavy atom. The fourth-order valence-electron chi connectivity index (χ4n) is 12.9. The number of fused-ring (bicyclic) bond motifs is 2. The van der Waals surface area contributed by atoms with Crippen molar-refractivity contribution in [1.82, 2.24) is 15.1 Å². The number of rotatable bonds is 8. The molecule has 7 fully saturated rings. The van der Waals surface area contributed by atoms with Crippen LogP contribution in [-0.2, 0) is 14.3 Å². The second-order valence-corrected chi connectivity index (χ2v) is 25.5. The van der Waals surface area contributed by atoms with Crippen molar-refractivity contribution < 1.29 is 44.3 Å². The van der Waals surface area contributed by atoms with E-state index >= 15 is 8.78 Å². The first-order valence-corrected chi connectivity index (χ1v) is 28.3. The van der Waals surface area contributed by atoms with Crippen molar-refractivity contribution in [2.45, 2.75) is 170 Å². The third-order valence-corrected chi connectivity index (χ3v) is 21.3. The van der Waals surface area contributed by atoms with Gasteiger partial charge in [0.1, 0.15) is 17.9 Å². The van der Waals surface area contributed by atoms with E-state index in [0.29, 0.717) is 56.1 Å². The molecule has 0 radical (unpaired) electrons. The molecule has 11 atom stereocenters. The molecule has 7 rings (SSSR count). The zero-order valence-electron chi connectivity index (χ0n) is 36.9. The van der Waals surface area contributed by atoms with Crippen LogP contribution in [0.1, 0.15) is 142 Å². The summed E-state index contributed by atoms with van der Waals surface area (Å²) >= 11 is 3.10. The summed E-state index contributed by atoms with van der Waals surface area (Å²) in [5.41, 5.74) is 0.308. The van der Waals surface area contributed by atoms with Gasteiger partial charge in [-0.3, -0.25) is 10.1 Å². The van der Waals surface area contributed by atoms with Crippen molar-refractivity contribution in [2.75, 3.05) is 35.1 Å². The van der Waals surface area contributed by atoms with E-state index in [-0.39, 0.29) is 97.4 Å². The number of carbonyl (C=O) groups is 2. The molecule has 4 heterocycles. The molecule has 3 saturated carbocycles. The Labute approximate surface area is 389 Å². The van der Waals surface area contributed by atoms with Gasteiger partial charge in [-0.2, -0.15) is 5.26 Å². The Bertz CT molecular complexity index is 1660. The average molecular weight is 1070 g/mol. The predicted molar refractivity (Wildman–Crippen MR) is 239 cm³/mol. The second kappa shape index (κ2) is 21.8. The number of carbonyl (C=O) groups excluding carboxylic acids is 2. The van der Waals surface area contributed by atoms with E-state index in [1.54, 1.807) is 6.08 Å². The summed E-state index contributed by atoms with van der Waals surface area (Å²) in [4.78, 5) is 31.7. The average Bonchev–Trinajstić information content (AvgIpc) is 3.59. The molecule has 1 N–H and O–H groups in total. The molecule has 61 heavy (non-hydrogen) atoms. The van der Waals surface area contributed by atoms with Crippen LogP contribution in [-0.4, -0.2) is 84.4 Å². The molecule has 0 bridgehead atoms. The van der Waals surface area contributed by atoms with Crippen molar-refractivity contribution >= 4 is 34.4 Å². The van der Waals surface area contributed by atoms with Crippen LogP contribution in [0.2, 0.25) is 0 Å². The van der Waals surface area contributed by atoms with Gasteiger partial charge in [0.15, 0.2) is 0 Å². The third-order valence-electron chi connectivity index (χ3n) is 16.7. The SMILES string of the molecule is CC1C2CC[I-]CCC2CCN1C(=O)/C(C#N)=C\C1CCC(F)(F)C(COC2CCC(/C=C(\C#N)C(=O)N3CCC4CCCC(I)(C5CCCCCCC5)CC4C3C)CN2)C1. The molecule has 0 spiro atoms. The Kier molecular flexibility index (Phi) is 17.0. The monoisotopic (exact) mass is 1070 g/mol. The number of nitrogens with one attached hydrogen (secondary N) is 1. The Hall–Kier alpha value is -1.36. The fourth-order valence-corrected chi connectivity index (χ4v) is 17.3. The summed E-state index contributed by atoms with van der Waals surface area (Å²) in [6, 6.07) is 4.60. The molecule has 12 heteroatoms. The van der Waals surface area contributed by atoms with Gasteiger partial charge in [-0.05, 0) is 82.0 Å². The van der Waals surface area contributed by atoms with Crippen molar-refractivity contribution in [3.63, 3.8) is 0 Å². The van der Waals surface area contributed by atoms with Crippen LogP contribution in [0.4, 0.5) is 8.78 Å². The molecule has 0 aromatic carbocycles. The number of halogens is 4. The van der Waals surface area contributed by atoms with E-state index in [2.05, 4.69) is 53.9 Å². The summed E-state index contributed by atoms with van der Waals surface area (Å²) in [5.74, 6) is -1.63. The van der Waals surface area contributed by atoms with Gasteiger partial charge in [-0.15, -0.1) is 0 Å². The number of nitrogens with zero attached hydrogens (tertiary/aromatic N) is 4. The standard InChI is InChI=1S/C49H72F2I2N5O3/c1-33-43-16-22-53-21-15-38(43)18-24-57(33)46(59)39(29-54)25-35-14-20-49(50,51)42(27-35)32-61-45-13-12-36(31-56-45)26-40(30-55)47(60)58-23-17-37-9-8-19-48(52,28-44(37)34(58)2)41-10-6-4-3-5-7-11-41/h25-26,33-38,41-45,56H,3-24,27-28,31-32H2,1-2H3/q-1/b39-25-,40-26+. The molecule has 4 aliphatic heterocycles. The number of hydrogen-bond donors (Lipinski definition) is 1. The van der Waals surface area contributed by atoms with Crippen LogP contribution in [0.15, 0.2) is 23.3 Å². The molecular weight excluding hydrogens is 998 g/mol. The topological polar surface area (TPSA) is 109 Å². The first kappa shape index (κ1) is 47.6. The minimum absolute atomic E-state index is 0.0319. The maximum atomic E-state index is 15.3. The van der Waals surface area contributed by atoms with E-state index in [0.717, 1.165) is 25.2 Å². The van der Waals surface area contributed by atoms with Crippen molar-refractivity contribution in [3.05, 3.63) is 23.3 Å². The van der Waals surface area contributed by atoms with E-state index < -0.39 is 18.1 Å². The molecule has 4 saturated heterocycles. The minimum atomic E-state index is -2.89. The molecule has 0 aromatic heterocycles. The van der Waals surface area contributed by atoms with Crippen molar-refractivity contribution in [1.29, 1.82) is 10.5 Å². The molecule has 340 valence electrons. The molecule has 7 aliphatic rings. The van der Waals surface area contributed by atoms with E-state index in [1.165, 1.54) is 85.9 Å². The molecule has 2 amide bonds. The van der Waals surface area contributed by atoms with Crippen LogP contribution in [0.5, 0.6) is 0 Å². The Morgan fingerprint density at radius 2 is 1.39 bits per heavy atom. The predicted octanol–water partition coefficient (Wildman–Crippen LogP) is 6.98. The third kappa shape index (κ3) is 11.5. The second-order valence-electron chi connectivity index (χ2n) is 20.2. The fraction of sp³-hybridized carbons (Fsp3) is 0.837. The zero-order chi connectivity index (χ0) is 43.1. The van der Waals surface area contributed by atoms with Crippen LogP contribution in [0.25, 0.3) is 0 Å². The van der Waals surface area contributed by atoms with Gasteiger partial charge in [0.2, 0.25) is 0 Å². The number of alkyl halides is 5. The van der Waals surface area contributed by atoms with E-state index in [1.807, 2.05) is 15.9 Å². The van der Waals surface area contributed by atoms with E-state index in [4.69, 9.17) is 4.74 Å². The summed E-state index contributed by atoms with van der Waals surface area (Å²) in [5, 5.41) is 23.7. The number of hydrogen-bond acceptors (Lipinski definition) is 6. The Morgan fingerprint density at radius 3 is 2.05 bits per heavy atom. The van der Waals surface area contributed by atoms with Crippen LogP contribution >= 0.6 is 22.6 Å². The molecule has 11 unspecified atom stereocenters.